The van der Waals surface area contributed by atoms with Gasteiger partial charge in [-0.1, -0.05) is 0 Å². The van der Waals surface area contributed by atoms with Gasteiger partial charge in [0, 0.05) is 25.6 Å². The van der Waals surface area contributed by atoms with Crippen molar-refractivity contribution >= 4 is 0 Å². The quantitative estimate of drug-likeness (QED) is 0.647. The summed E-state index contributed by atoms with van der Waals surface area (Å²) in [6, 6.07) is 1.31. The van der Waals surface area contributed by atoms with E-state index in [1.54, 1.807) is 0 Å². The van der Waals surface area contributed by atoms with Crippen LogP contribution < -0.4 is 5.73 Å². The Hall–Kier alpha value is -0.120. The highest BCUT2D eigenvalue weighted by Crippen LogP contribution is 2.27. The molecule has 2 N–H and O–H groups in total. The predicted octanol–water partition coefficient (Wildman–Crippen LogP) is 0.648. The van der Waals surface area contributed by atoms with Gasteiger partial charge in [-0.3, -0.25) is 4.90 Å². The molecule has 0 aromatic heterocycles. The number of nitrogens with zero attached hydrogens (tertiary/aromatic N) is 2. The molecule has 0 bridgehead atoms. The fourth-order valence-corrected chi connectivity index (χ4v) is 3.15. The van der Waals surface area contributed by atoms with E-state index in [2.05, 4.69) is 19.0 Å². The van der Waals surface area contributed by atoms with Crippen LogP contribution in [-0.4, -0.2) is 61.7 Å². The number of nitrogens with two attached hydrogens (primary N) is 1. The van der Waals surface area contributed by atoms with Gasteiger partial charge in [-0.2, -0.15) is 0 Å². The first kappa shape index (κ1) is 11.4. The van der Waals surface area contributed by atoms with Crippen molar-refractivity contribution in [2.24, 2.45) is 5.73 Å². The molecule has 1 aliphatic heterocycles. The summed E-state index contributed by atoms with van der Waals surface area (Å²) in [5, 5.41) is 0. The third-order valence-corrected chi connectivity index (χ3v) is 4.55. The van der Waals surface area contributed by atoms with E-state index in [0.717, 1.165) is 6.04 Å². The van der Waals surface area contributed by atoms with Crippen molar-refractivity contribution in [2.75, 3.05) is 40.3 Å². The Morgan fingerprint density at radius 1 is 1.20 bits per heavy atom. The van der Waals surface area contributed by atoms with Crippen molar-refractivity contribution in [3.05, 3.63) is 0 Å². The summed E-state index contributed by atoms with van der Waals surface area (Å²) < 4.78 is 1.28. The molecule has 88 valence electrons. The molecule has 0 aromatic carbocycles. The van der Waals surface area contributed by atoms with Gasteiger partial charge < -0.3 is 10.2 Å². The van der Waals surface area contributed by atoms with Crippen LogP contribution in [0.2, 0.25) is 0 Å². The highest BCUT2D eigenvalue weighted by molar-refractivity contribution is 4.77. The lowest BCUT2D eigenvalue weighted by Crippen LogP contribution is -2.62. The normalized spacial score (nSPS) is 37.8. The Morgan fingerprint density at radius 2 is 1.87 bits per heavy atom. The Morgan fingerprint density at radius 3 is 2.47 bits per heavy atom. The van der Waals surface area contributed by atoms with Crippen molar-refractivity contribution in [3.8, 4) is 0 Å². The number of rotatable bonds is 1. The predicted molar refractivity (Wildman–Crippen MR) is 63.6 cm³/mol. The third kappa shape index (κ3) is 2.52. The van der Waals surface area contributed by atoms with Gasteiger partial charge in [0.2, 0.25) is 0 Å². The summed E-state index contributed by atoms with van der Waals surface area (Å²) >= 11 is 0. The topological polar surface area (TPSA) is 29.3 Å². The third-order valence-electron chi connectivity index (χ3n) is 4.55. The van der Waals surface area contributed by atoms with Crippen LogP contribution in [0.15, 0.2) is 0 Å². The van der Waals surface area contributed by atoms with Crippen LogP contribution in [0.5, 0.6) is 0 Å². The fraction of sp³-hybridized carbons (Fsp3) is 1.00. The van der Waals surface area contributed by atoms with E-state index in [1.807, 2.05) is 0 Å². The second-order valence-electron chi connectivity index (χ2n) is 5.81. The molecule has 15 heavy (non-hydrogen) atoms. The first-order chi connectivity index (χ1) is 7.10. The van der Waals surface area contributed by atoms with E-state index in [9.17, 15) is 0 Å². The molecule has 1 saturated carbocycles. The molecule has 2 fully saturated rings. The van der Waals surface area contributed by atoms with Crippen molar-refractivity contribution in [2.45, 2.75) is 37.8 Å². The molecule has 1 saturated heterocycles. The maximum absolute atomic E-state index is 6.10. The lowest BCUT2D eigenvalue weighted by atomic mass is 9.89. The average Bonchev–Trinajstić information content (AvgIpc) is 2.23. The standard InChI is InChI=1S/C12H26N3/c1-14-6-8-15(2,9-7-14)12-5-3-4-11(13)10-12/h11-12H,3-10,13H2,1-2H3/q+1/t11-,12+/m0/s1. The zero-order valence-corrected chi connectivity index (χ0v) is 10.3. The molecule has 0 amide bonds. The van der Waals surface area contributed by atoms with Crippen molar-refractivity contribution < 1.29 is 4.48 Å². The van der Waals surface area contributed by atoms with Crippen LogP contribution in [0.25, 0.3) is 0 Å². The van der Waals surface area contributed by atoms with E-state index < -0.39 is 0 Å². The minimum absolute atomic E-state index is 0.471. The van der Waals surface area contributed by atoms with Crippen LogP contribution in [0, 0.1) is 0 Å². The molecule has 0 aromatic rings. The van der Waals surface area contributed by atoms with E-state index in [4.69, 9.17) is 5.73 Å². The van der Waals surface area contributed by atoms with E-state index >= 15 is 0 Å². The smallest absolute Gasteiger partial charge is 0.0916 e. The second kappa shape index (κ2) is 4.40. The highest BCUT2D eigenvalue weighted by atomic mass is 15.4. The molecule has 3 heteroatoms. The highest BCUT2D eigenvalue weighted by Gasteiger charge is 2.37. The Balaban J connectivity index is 1.95. The molecule has 1 aliphatic carbocycles. The average molecular weight is 212 g/mol. The number of hydrogen-bond acceptors (Lipinski definition) is 2. The largest absolute Gasteiger partial charge is 0.327 e. The van der Waals surface area contributed by atoms with Gasteiger partial charge in [0.1, 0.15) is 0 Å². The maximum atomic E-state index is 6.10. The summed E-state index contributed by atoms with van der Waals surface area (Å²) in [7, 11) is 4.67. The van der Waals surface area contributed by atoms with E-state index in [-0.39, 0.29) is 0 Å². The summed E-state index contributed by atoms with van der Waals surface area (Å²) in [5.74, 6) is 0. The fourth-order valence-electron chi connectivity index (χ4n) is 3.15. The summed E-state index contributed by atoms with van der Waals surface area (Å²) in [5.41, 5.74) is 6.10. The summed E-state index contributed by atoms with van der Waals surface area (Å²) in [6.07, 6.45) is 5.24. The first-order valence-electron chi connectivity index (χ1n) is 6.38. The van der Waals surface area contributed by atoms with Gasteiger partial charge in [0.25, 0.3) is 0 Å². The molecule has 0 radical (unpaired) electrons. The molecular formula is C12H26N3+. The minimum atomic E-state index is 0.471. The van der Waals surface area contributed by atoms with E-state index in [0.29, 0.717) is 6.04 Å². The van der Waals surface area contributed by atoms with Gasteiger partial charge in [0.05, 0.1) is 26.2 Å². The van der Waals surface area contributed by atoms with Crippen molar-refractivity contribution in [3.63, 3.8) is 0 Å². The summed E-state index contributed by atoms with van der Waals surface area (Å²) in [4.78, 5) is 2.45. The van der Waals surface area contributed by atoms with Crippen LogP contribution in [0.1, 0.15) is 25.7 Å². The Kier molecular flexibility index (Phi) is 3.33. The van der Waals surface area contributed by atoms with Crippen molar-refractivity contribution in [1.82, 2.24) is 4.90 Å². The lowest BCUT2D eigenvalue weighted by molar-refractivity contribution is -0.938. The molecule has 2 atom stereocenters. The second-order valence-corrected chi connectivity index (χ2v) is 5.81. The number of hydrogen-bond donors (Lipinski definition) is 1. The van der Waals surface area contributed by atoms with Gasteiger partial charge >= 0.3 is 0 Å². The van der Waals surface area contributed by atoms with Gasteiger partial charge in [-0.25, -0.2) is 0 Å². The first-order valence-corrected chi connectivity index (χ1v) is 6.38. The Bertz CT molecular complexity index is 209. The zero-order chi connectivity index (χ0) is 10.9. The van der Waals surface area contributed by atoms with Crippen LogP contribution in [0.4, 0.5) is 0 Å². The molecule has 2 rings (SSSR count). The molecule has 0 spiro atoms. The molecular weight excluding hydrogens is 186 g/mol. The Labute approximate surface area is 93.8 Å². The number of piperazine rings is 1. The lowest BCUT2D eigenvalue weighted by Gasteiger charge is -2.48. The zero-order valence-electron chi connectivity index (χ0n) is 10.3. The number of likely N-dealkylation sites (N-methyl/N-ethyl adjacent to an activating group) is 2. The van der Waals surface area contributed by atoms with Gasteiger partial charge in [0.15, 0.2) is 0 Å². The SMILES string of the molecule is CN1CC[N+](C)([C@@H]2CCC[C@H](N)C2)CC1. The van der Waals surface area contributed by atoms with Crippen LogP contribution >= 0.6 is 0 Å². The van der Waals surface area contributed by atoms with Crippen molar-refractivity contribution in [1.29, 1.82) is 0 Å². The van der Waals surface area contributed by atoms with Gasteiger partial charge in [-0.15, -0.1) is 0 Å². The molecule has 0 unspecified atom stereocenters. The number of quaternary nitrogens is 1. The summed E-state index contributed by atoms with van der Waals surface area (Å²) in [6.45, 7) is 5.13. The minimum Gasteiger partial charge on any atom is -0.327 e. The van der Waals surface area contributed by atoms with Crippen LogP contribution in [-0.2, 0) is 0 Å². The van der Waals surface area contributed by atoms with E-state index in [1.165, 1.54) is 56.3 Å². The molecule has 2 aliphatic rings. The molecule has 3 nitrogen and oxygen atoms in total. The molecule has 1 heterocycles. The van der Waals surface area contributed by atoms with Gasteiger partial charge in [-0.05, 0) is 26.3 Å². The maximum Gasteiger partial charge on any atom is 0.0916 e. The van der Waals surface area contributed by atoms with Crippen LogP contribution in [0.3, 0.4) is 0 Å². The monoisotopic (exact) mass is 212 g/mol.